The van der Waals surface area contributed by atoms with Crippen LogP contribution in [0.2, 0.25) is 0 Å². The molecule has 3 heterocycles. The van der Waals surface area contributed by atoms with Gasteiger partial charge < -0.3 is 9.72 Å². The molecule has 0 saturated heterocycles. The third-order valence-corrected chi connectivity index (χ3v) is 6.14. The molecule has 0 aromatic carbocycles. The van der Waals surface area contributed by atoms with Crippen molar-refractivity contribution in [2.45, 2.75) is 44.6 Å². The van der Waals surface area contributed by atoms with E-state index in [1.54, 1.807) is 13.4 Å². The first-order valence-electron chi connectivity index (χ1n) is 9.32. The molecule has 0 radical (unpaired) electrons. The van der Waals surface area contributed by atoms with Crippen LogP contribution in [0.3, 0.4) is 0 Å². The van der Waals surface area contributed by atoms with Gasteiger partial charge in [0.15, 0.2) is 5.84 Å². The van der Waals surface area contributed by atoms with Gasteiger partial charge >= 0.3 is 0 Å². The van der Waals surface area contributed by atoms with E-state index in [9.17, 15) is 0 Å². The zero-order valence-corrected chi connectivity index (χ0v) is 17.1. The predicted octanol–water partition coefficient (Wildman–Crippen LogP) is 3.51. The monoisotopic (exact) mass is 433 g/mol. The van der Waals surface area contributed by atoms with E-state index in [1.807, 2.05) is 12.1 Å². The van der Waals surface area contributed by atoms with Crippen molar-refractivity contribution in [2.24, 2.45) is 10.9 Å². The minimum Gasteiger partial charge on any atom is -0.480 e. The number of nitrogens with one attached hydrogen (secondary N) is 2. The quantitative estimate of drug-likeness (QED) is 0.770. The Morgan fingerprint density at radius 1 is 1.22 bits per heavy atom. The molecular weight excluding hydrogens is 410 g/mol. The highest BCUT2D eigenvalue weighted by Crippen LogP contribution is 2.38. The summed E-state index contributed by atoms with van der Waals surface area (Å²) in [6.07, 6.45) is 6.37. The van der Waals surface area contributed by atoms with Crippen molar-refractivity contribution in [3.05, 3.63) is 40.0 Å². The van der Waals surface area contributed by atoms with Crippen molar-refractivity contribution in [2.75, 3.05) is 13.7 Å². The van der Waals surface area contributed by atoms with Gasteiger partial charge in [-0.05, 0) is 66.6 Å². The van der Waals surface area contributed by atoms with Crippen LogP contribution < -0.4 is 10.2 Å². The fourth-order valence-corrected chi connectivity index (χ4v) is 4.42. The van der Waals surface area contributed by atoms with Crippen LogP contribution in [0.1, 0.15) is 48.7 Å². The summed E-state index contributed by atoms with van der Waals surface area (Å²) in [5, 5.41) is 0. The summed E-state index contributed by atoms with van der Waals surface area (Å²) in [6.45, 7) is 2.69. The first-order chi connectivity index (χ1) is 13.2. The van der Waals surface area contributed by atoms with E-state index in [0.29, 0.717) is 30.2 Å². The van der Waals surface area contributed by atoms with Gasteiger partial charge in [0, 0.05) is 11.6 Å². The van der Waals surface area contributed by atoms with Crippen LogP contribution >= 0.6 is 15.9 Å². The number of halogens is 1. The molecule has 1 atom stereocenters. The molecular formula is C19H24BrN5O2. The number of ether oxygens (including phenoxy) is 1. The molecule has 1 unspecified atom stereocenters. The smallest absolute Gasteiger partial charge is 0.228 e. The Hall–Kier alpha value is -1.93. The van der Waals surface area contributed by atoms with Crippen LogP contribution in [-0.4, -0.2) is 40.5 Å². The van der Waals surface area contributed by atoms with Crippen LogP contribution in [0.5, 0.6) is 5.88 Å². The number of aliphatic imine (C=N–C) groups is 1. The third-order valence-electron chi connectivity index (χ3n) is 5.54. The second-order valence-corrected chi connectivity index (χ2v) is 8.02. The average molecular weight is 434 g/mol. The highest BCUT2D eigenvalue weighted by atomic mass is 79.9. The van der Waals surface area contributed by atoms with Crippen LogP contribution in [-0.2, 0) is 4.84 Å². The molecule has 144 valence electrons. The highest BCUT2D eigenvalue weighted by Gasteiger charge is 2.32. The summed E-state index contributed by atoms with van der Waals surface area (Å²) in [7, 11) is 1.60. The minimum atomic E-state index is 0.152. The number of aromatic nitrogens is 3. The molecule has 0 amide bonds. The molecule has 1 aliphatic heterocycles. The van der Waals surface area contributed by atoms with E-state index >= 15 is 0 Å². The van der Waals surface area contributed by atoms with Gasteiger partial charge in [-0.25, -0.2) is 15.4 Å². The summed E-state index contributed by atoms with van der Waals surface area (Å²) < 4.78 is 6.10. The maximum Gasteiger partial charge on any atom is 0.228 e. The van der Waals surface area contributed by atoms with Gasteiger partial charge in [-0.15, -0.1) is 0 Å². The zero-order chi connectivity index (χ0) is 18.8. The molecule has 4 rings (SSSR count). The van der Waals surface area contributed by atoms with E-state index in [4.69, 9.17) is 14.6 Å². The number of amidine groups is 1. The SMILES string of the molecule is COc1nc(C2=NC(C3CCC(c4nc[nH]c4C)CC3)CON2)ccc1Br. The number of aromatic amines is 1. The first kappa shape index (κ1) is 18.4. The first-order valence-corrected chi connectivity index (χ1v) is 10.1. The summed E-state index contributed by atoms with van der Waals surface area (Å²) in [6, 6.07) is 3.97. The maximum absolute atomic E-state index is 5.63. The summed E-state index contributed by atoms with van der Waals surface area (Å²) in [5.74, 6) is 2.28. The molecule has 1 aliphatic carbocycles. The molecule has 2 aromatic heterocycles. The highest BCUT2D eigenvalue weighted by molar-refractivity contribution is 9.10. The van der Waals surface area contributed by atoms with E-state index in [-0.39, 0.29) is 6.04 Å². The molecule has 0 spiro atoms. The lowest BCUT2D eigenvalue weighted by Crippen LogP contribution is -2.40. The number of aryl methyl sites for hydroxylation is 1. The van der Waals surface area contributed by atoms with Crippen LogP contribution in [0.4, 0.5) is 0 Å². The van der Waals surface area contributed by atoms with Crippen molar-refractivity contribution in [3.63, 3.8) is 0 Å². The largest absolute Gasteiger partial charge is 0.480 e. The number of H-pyrrole nitrogens is 1. The zero-order valence-electron chi connectivity index (χ0n) is 15.5. The van der Waals surface area contributed by atoms with Gasteiger partial charge in [-0.3, -0.25) is 9.83 Å². The van der Waals surface area contributed by atoms with Gasteiger partial charge in [-0.1, -0.05) is 0 Å². The number of hydrogen-bond donors (Lipinski definition) is 2. The number of imidazole rings is 1. The molecule has 27 heavy (non-hydrogen) atoms. The van der Waals surface area contributed by atoms with E-state index < -0.39 is 0 Å². The lowest BCUT2D eigenvalue weighted by atomic mass is 9.77. The number of nitrogens with zero attached hydrogens (tertiary/aromatic N) is 3. The summed E-state index contributed by atoms with van der Waals surface area (Å²) in [4.78, 5) is 22.7. The third kappa shape index (κ3) is 3.87. The van der Waals surface area contributed by atoms with Crippen molar-refractivity contribution < 1.29 is 9.57 Å². The lowest BCUT2D eigenvalue weighted by molar-refractivity contribution is 0.0432. The van der Waals surface area contributed by atoms with E-state index in [2.05, 4.69) is 43.3 Å². The second-order valence-electron chi connectivity index (χ2n) is 7.17. The predicted molar refractivity (Wildman–Crippen MR) is 106 cm³/mol. The van der Waals surface area contributed by atoms with E-state index in [1.165, 1.54) is 11.4 Å². The Balaban J connectivity index is 1.45. The fourth-order valence-electron chi connectivity index (χ4n) is 4.04. The Bertz CT molecular complexity index is 829. The molecule has 2 aliphatic rings. The molecule has 7 nitrogen and oxygen atoms in total. The van der Waals surface area contributed by atoms with Crippen molar-refractivity contribution in [1.82, 2.24) is 20.4 Å². The number of rotatable bonds is 4. The lowest BCUT2D eigenvalue weighted by Gasteiger charge is -2.33. The summed E-state index contributed by atoms with van der Waals surface area (Å²) in [5.41, 5.74) is 6.06. The molecule has 2 N–H and O–H groups in total. The number of hydroxylamine groups is 1. The minimum absolute atomic E-state index is 0.152. The van der Waals surface area contributed by atoms with Crippen molar-refractivity contribution in [3.8, 4) is 5.88 Å². The number of hydrogen-bond acceptors (Lipinski definition) is 6. The Morgan fingerprint density at radius 2 is 2.04 bits per heavy atom. The van der Waals surface area contributed by atoms with Gasteiger partial charge in [0.25, 0.3) is 0 Å². The molecule has 1 saturated carbocycles. The van der Waals surface area contributed by atoms with Gasteiger partial charge in [-0.2, -0.15) is 0 Å². The number of methoxy groups -OCH3 is 1. The Morgan fingerprint density at radius 3 is 2.74 bits per heavy atom. The van der Waals surface area contributed by atoms with Crippen LogP contribution in [0.25, 0.3) is 0 Å². The maximum atomic E-state index is 5.63. The van der Waals surface area contributed by atoms with Crippen molar-refractivity contribution >= 4 is 21.8 Å². The Kier molecular flexibility index (Phi) is 5.45. The standard InChI is InChI=1S/C19H24BrN5O2/c1-11-17(22-10-21-11)13-5-3-12(4-6-13)16-9-27-25-18(23-16)15-8-7-14(20)19(24-15)26-2/h7-8,10,12-13,16H,3-6,9H2,1-2H3,(H,21,22)(H,23,25). The number of pyridine rings is 1. The average Bonchev–Trinajstić information content (AvgIpc) is 3.14. The van der Waals surface area contributed by atoms with Crippen LogP contribution in [0.15, 0.2) is 27.9 Å². The van der Waals surface area contributed by atoms with E-state index in [0.717, 1.165) is 35.8 Å². The topological polar surface area (TPSA) is 84.4 Å². The molecule has 8 heteroatoms. The van der Waals surface area contributed by atoms with Crippen molar-refractivity contribution in [1.29, 1.82) is 0 Å². The molecule has 0 bridgehead atoms. The molecule has 1 fully saturated rings. The fraction of sp³-hybridized carbons (Fsp3) is 0.526. The Labute approximate surface area is 167 Å². The molecule has 2 aromatic rings. The van der Waals surface area contributed by atoms with Gasteiger partial charge in [0.2, 0.25) is 5.88 Å². The normalized spacial score (nSPS) is 25.6. The van der Waals surface area contributed by atoms with Gasteiger partial charge in [0.1, 0.15) is 5.69 Å². The second kappa shape index (κ2) is 7.98. The summed E-state index contributed by atoms with van der Waals surface area (Å²) >= 11 is 3.43. The van der Waals surface area contributed by atoms with Crippen LogP contribution in [0, 0.1) is 12.8 Å². The van der Waals surface area contributed by atoms with Gasteiger partial charge in [0.05, 0.1) is 36.3 Å².